The molecular weight excluding hydrogens is 166 g/mol. The lowest BCUT2D eigenvalue weighted by Crippen LogP contribution is -2.48. The third-order valence-corrected chi connectivity index (χ3v) is 2.49. The van der Waals surface area contributed by atoms with Crippen LogP contribution in [0.2, 0.25) is 0 Å². The van der Waals surface area contributed by atoms with Crippen LogP contribution in [0.3, 0.4) is 0 Å². The van der Waals surface area contributed by atoms with Crippen molar-refractivity contribution in [1.29, 1.82) is 0 Å². The van der Waals surface area contributed by atoms with Crippen molar-refractivity contribution in [3.05, 3.63) is 0 Å². The van der Waals surface area contributed by atoms with Crippen molar-refractivity contribution in [2.24, 2.45) is 5.73 Å². The lowest BCUT2D eigenvalue weighted by Gasteiger charge is -2.34. The highest BCUT2D eigenvalue weighted by atomic mass is 16.1. The molecule has 78 valence electrons. The summed E-state index contributed by atoms with van der Waals surface area (Å²) in [7, 11) is 3.63. The Morgan fingerprint density at radius 2 is 2.08 bits per heavy atom. The molecule has 0 aliphatic rings. The van der Waals surface area contributed by atoms with Crippen LogP contribution < -0.4 is 11.1 Å². The highest BCUT2D eigenvalue weighted by Crippen LogP contribution is 2.09. The summed E-state index contributed by atoms with van der Waals surface area (Å²) in [4.78, 5) is 13.1. The summed E-state index contributed by atoms with van der Waals surface area (Å²) in [5, 5.41) is 2.59. The van der Waals surface area contributed by atoms with E-state index in [4.69, 9.17) is 5.73 Å². The number of likely N-dealkylation sites (N-methyl/N-ethyl adjacent to an activating group) is 1. The maximum atomic E-state index is 11.0. The Balaban J connectivity index is 3.87. The van der Waals surface area contributed by atoms with Gasteiger partial charge in [0.05, 0.1) is 0 Å². The Hall–Kier alpha value is -0.610. The van der Waals surface area contributed by atoms with Gasteiger partial charge in [0.15, 0.2) is 0 Å². The molecule has 4 nitrogen and oxygen atoms in total. The van der Waals surface area contributed by atoms with Gasteiger partial charge in [-0.15, -0.1) is 0 Å². The summed E-state index contributed by atoms with van der Waals surface area (Å²) in [6, 6.07) is 0. The van der Waals surface area contributed by atoms with E-state index in [2.05, 4.69) is 24.1 Å². The van der Waals surface area contributed by atoms with Gasteiger partial charge in [0.1, 0.15) is 0 Å². The Morgan fingerprint density at radius 1 is 1.54 bits per heavy atom. The summed E-state index contributed by atoms with van der Waals surface area (Å²) >= 11 is 0. The number of amides is 1. The van der Waals surface area contributed by atoms with E-state index in [9.17, 15) is 4.79 Å². The van der Waals surface area contributed by atoms with E-state index in [1.807, 2.05) is 7.05 Å². The molecule has 3 N–H and O–H groups in total. The first-order chi connectivity index (χ1) is 5.94. The van der Waals surface area contributed by atoms with Crippen LogP contribution in [0.4, 0.5) is 0 Å². The highest BCUT2D eigenvalue weighted by Gasteiger charge is 2.21. The summed E-state index contributed by atoms with van der Waals surface area (Å²) in [5.41, 5.74) is 5.57. The number of hydrogen-bond donors (Lipinski definition) is 2. The number of rotatable bonds is 5. The van der Waals surface area contributed by atoms with Gasteiger partial charge in [-0.3, -0.25) is 9.69 Å². The normalized spacial score (nSPS) is 11.8. The fourth-order valence-electron chi connectivity index (χ4n) is 0.853. The summed E-state index contributed by atoms with van der Waals surface area (Å²) in [5.74, 6) is 0.0691. The summed E-state index contributed by atoms with van der Waals surface area (Å²) in [6.45, 7) is 5.47. The number of hydrogen-bond acceptors (Lipinski definition) is 3. The number of nitrogens with two attached hydrogens (primary N) is 1. The minimum atomic E-state index is -0.0337. The van der Waals surface area contributed by atoms with Gasteiger partial charge >= 0.3 is 0 Å². The van der Waals surface area contributed by atoms with E-state index in [-0.39, 0.29) is 11.4 Å². The lowest BCUT2D eigenvalue weighted by atomic mass is 10.0. The number of carbonyl (C=O) groups excluding carboxylic acids is 1. The SMILES string of the molecule is CNC(=O)CCN(C)C(C)(C)CN. The Morgan fingerprint density at radius 3 is 2.46 bits per heavy atom. The Labute approximate surface area is 80.5 Å². The first-order valence-electron chi connectivity index (χ1n) is 4.56. The Kier molecular flexibility index (Phi) is 4.95. The zero-order chi connectivity index (χ0) is 10.5. The second-order valence-electron chi connectivity index (χ2n) is 3.86. The molecule has 0 saturated carbocycles. The minimum Gasteiger partial charge on any atom is -0.359 e. The first kappa shape index (κ1) is 12.4. The molecule has 0 radical (unpaired) electrons. The molecule has 0 heterocycles. The van der Waals surface area contributed by atoms with Crippen molar-refractivity contribution in [2.75, 3.05) is 27.2 Å². The lowest BCUT2D eigenvalue weighted by molar-refractivity contribution is -0.121. The zero-order valence-corrected chi connectivity index (χ0v) is 9.05. The van der Waals surface area contributed by atoms with E-state index in [0.29, 0.717) is 13.0 Å². The molecule has 0 aromatic carbocycles. The molecule has 0 atom stereocenters. The maximum absolute atomic E-state index is 11.0. The largest absolute Gasteiger partial charge is 0.359 e. The fraction of sp³-hybridized carbons (Fsp3) is 0.889. The van der Waals surface area contributed by atoms with E-state index in [0.717, 1.165) is 6.54 Å². The van der Waals surface area contributed by atoms with Gasteiger partial charge in [0, 0.05) is 32.1 Å². The summed E-state index contributed by atoms with van der Waals surface area (Å²) < 4.78 is 0. The maximum Gasteiger partial charge on any atom is 0.221 e. The average Bonchev–Trinajstić information content (AvgIpc) is 2.13. The predicted molar refractivity (Wildman–Crippen MR) is 54.4 cm³/mol. The molecule has 0 saturated heterocycles. The van der Waals surface area contributed by atoms with Crippen LogP contribution in [0.5, 0.6) is 0 Å². The van der Waals surface area contributed by atoms with Crippen LogP contribution in [0, 0.1) is 0 Å². The number of carbonyl (C=O) groups is 1. The second kappa shape index (κ2) is 5.19. The van der Waals surface area contributed by atoms with Crippen molar-refractivity contribution in [3.63, 3.8) is 0 Å². The topological polar surface area (TPSA) is 58.4 Å². The van der Waals surface area contributed by atoms with Crippen LogP contribution in [-0.2, 0) is 4.79 Å². The van der Waals surface area contributed by atoms with Crippen LogP contribution in [0.25, 0.3) is 0 Å². The molecule has 1 amide bonds. The second-order valence-corrected chi connectivity index (χ2v) is 3.86. The molecule has 0 aliphatic carbocycles. The molecule has 0 fully saturated rings. The fourth-order valence-corrected chi connectivity index (χ4v) is 0.853. The molecule has 0 aliphatic heterocycles. The number of nitrogens with one attached hydrogen (secondary N) is 1. The smallest absolute Gasteiger partial charge is 0.221 e. The van der Waals surface area contributed by atoms with Gasteiger partial charge in [-0.2, -0.15) is 0 Å². The van der Waals surface area contributed by atoms with Gasteiger partial charge in [0.2, 0.25) is 5.91 Å². The summed E-state index contributed by atoms with van der Waals surface area (Å²) in [6.07, 6.45) is 0.524. The van der Waals surface area contributed by atoms with Crippen molar-refractivity contribution in [1.82, 2.24) is 10.2 Å². The number of nitrogens with zero attached hydrogens (tertiary/aromatic N) is 1. The van der Waals surface area contributed by atoms with Crippen molar-refractivity contribution >= 4 is 5.91 Å². The van der Waals surface area contributed by atoms with Gasteiger partial charge in [-0.05, 0) is 20.9 Å². The van der Waals surface area contributed by atoms with Crippen molar-refractivity contribution in [2.45, 2.75) is 25.8 Å². The van der Waals surface area contributed by atoms with E-state index < -0.39 is 0 Å². The van der Waals surface area contributed by atoms with Crippen molar-refractivity contribution in [3.8, 4) is 0 Å². The Bertz CT molecular complexity index is 168. The van der Waals surface area contributed by atoms with Crippen LogP contribution in [-0.4, -0.2) is 43.5 Å². The van der Waals surface area contributed by atoms with Crippen LogP contribution in [0.15, 0.2) is 0 Å². The van der Waals surface area contributed by atoms with Gasteiger partial charge in [-0.25, -0.2) is 0 Å². The van der Waals surface area contributed by atoms with E-state index >= 15 is 0 Å². The van der Waals surface area contributed by atoms with Gasteiger partial charge in [-0.1, -0.05) is 0 Å². The van der Waals surface area contributed by atoms with E-state index in [1.165, 1.54) is 0 Å². The van der Waals surface area contributed by atoms with Crippen LogP contribution >= 0.6 is 0 Å². The zero-order valence-electron chi connectivity index (χ0n) is 9.05. The third-order valence-electron chi connectivity index (χ3n) is 2.49. The molecule has 0 spiro atoms. The molecule has 4 heteroatoms. The molecule has 0 aromatic heterocycles. The first-order valence-corrected chi connectivity index (χ1v) is 4.56. The average molecular weight is 187 g/mol. The molecule has 13 heavy (non-hydrogen) atoms. The quantitative estimate of drug-likeness (QED) is 0.626. The third kappa shape index (κ3) is 4.24. The molecule has 0 rings (SSSR count). The van der Waals surface area contributed by atoms with Crippen LogP contribution in [0.1, 0.15) is 20.3 Å². The minimum absolute atomic E-state index is 0.0337. The van der Waals surface area contributed by atoms with E-state index in [1.54, 1.807) is 7.05 Å². The highest BCUT2D eigenvalue weighted by molar-refractivity contribution is 5.75. The molecular formula is C9H21N3O. The van der Waals surface area contributed by atoms with Crippen molar-refractivity contribution < 1.29 is 4.79 Å². The molecule has 0 bridgehead atoms. The monoisotopic (exact) mass is 187 g/mol. The molecule has 0 unspecified atom stereocenters. The molecule has 0 aromatic rings. The van der Waals surface area contributed by atoms with Gasteiger partial charge < -0.3 is 11.1 Å². The van der Waals surface area contributed by atoms with Gasteiger partial charge in [0.25, 0.3) is 0 Å². The predicted octanol–water partition coefficient (Wildman–Crippen LogP) is -0.208. The standard InChI is InChI=1S/C9H21N3O/c1-9(2,7-10)12(4)6-5-8(13)11-3/h5-7,10H2,1-4H3,(H,11,13).